The standard InChI is InChI=1S/C9H13IN4/c1-2-3-4-5-6-14-9(10)8(7-11)12-13-14/h2-6H2,1H3. The van der Waals surface area contributed by atoms with Gasteiger partial charge in [0.25, 0.3) is 0 Å². The molecule has 1 aromatic rings. The van der Waals surface area contributed by atoms with Crippen molar-refractivity contribution in [3.8, 4) is 6.07 Å². The van der Waals surface area contributed by atoms with E-state index in [1.165, 1.54) is 19.3 Å². The summed E-state index contributed by atoms with van der Waals surface area (Å²) in [6.45, 7) is 3.06. The van der Waals surface area contributed by atoms with E-state index in [4.69, 9.17) is 5.26 Å². The SMILES string of the molecule is CCCCCCn1nnc(C#N)c1I. The van der Waals surface area contributed by atoms with Gasteiger partial charge in [-0.15, -0.1) is 5.10 Å². The lowest BCUT2D eigenvalue weighted by atomic mass is 10.2. The van der Waals surface area contributed by atoms with Crippen LogP contribution in [0.2, 0.25) is 0 Å². The minimum Gasteiger partial charge on any atom is -0.238 e. The van der Waals surface area contributed by atoms with E-state index in [1.807, 2.05) is 6.07 Å². The van der Waals surface area contributed by atoms with Crippen molar-refractivity contribution in [2.24, 2.45) is 0 Å². The van der Waals surface area contributed by atoms with E-state index in [-0.39, 0.29) is 0 Å². The molecule has 1 rings (SSSR count). The molecule has 0 spiro atoms. The summed E-state index contributed by atoms with van der Waals surface area (Å²) in [6, 6.07) is 2.02. The smallest absolute Gasteiger partial charge is 0.196 e. The minimum atomic E-state index is 0.432. The van der Waals surface area contributed by atoms with E-state index in [1.54, 1.807) is 4.68 Å². The molecule has 1 aromatic heterocycles. The molecule has 0 unspecified atom stereocenters. The summed E-state index contributed by atoms with van der Waals surface area (Å²) in [4.78, 5) is 0. The van der Waals surface area contributed by atoms with Crippen LogP contribution in [-0.2, 0) is 6.54 Å². The van der Waals surface area contributed by atoms with Crippen LogP contribution in [0.5, 0.6) is 0 Å². The predicted molar refractivity (Wildman–Crippen MR) is 61.6 cm³/mol. The van der Waals surface area contributed by atoms with Gasteiger partial charge in [0.05, 0.1) is 0 Å². The molecule has 0 aromatic carbocycles. The van der Waals surface area contributed by atoms with Gasteiger partial charge in [0, 0.05) is 6.54 Å². The normalized spacial score (nSPS) is 10.1. The van der Waals surface area contributed by atoms with Gasteiger partial charge < -0.3 is 0 Å². The molecule has 0 saturated carbocycles. The highest BCUT2D eigenvalue weighted by Crippen LogP contribution is 2.09. The Hall–Kier alpha value is -0.640. The summed E-state index contributed by atoms with van der Waals surface area (Å²) in [5.41, 5.74) is 0.432. The predicted octanol–water partition coefficient (Wildman–Crippen LogP) is 2.33. The summed E-state index contributed by atoms with van der Waals surface area (Å²) >= 11 is 2.11. The molecule has 0 bridgehead atoms. The molecule has 0 radical (unpaired) electrons. The third kappa shape index (κ3) is 2.94. The molecule has 0 fully saturated rings. The summed E-state index contributed by atoms with van der Waals surface area (Å²) in [5.74, 6) is 0. The second-order valence-corrected chi connectivity index (χ2v) is 4.15. The Morgan fingerprint density at radius 1 is 1.43 bits per heavy atom. The largest absolute Gasteiger partial charge is 0.238 e. The number of nitrogens with zero attached hydrogens (tertiary/aromatic N) is 4. The molecule has 14 heavy (non-hydrogen) atoms. The Morgan fingerprint density at radius 3 is 2.79 bits per heavy atom. The van der Waals surface area contributed by atoms with Crippen molar-refractivity contribution in [2.45, 2.75) is 39.2 Å². The lowest BCUT2D eigenvalue weighted by molar-refractivity contribution is 0.520. The van der Waals surface area contributed by atoms with Crippen LogP contribution in [0.15, 0.2) is 0 Å². The molecule has 5 heteroatoms. The van der Waals surface area contributed by atoms with Gasteiger partial charge in [0.1, 0.15) is 9.77 Å². The van der Waals surface area contributed by atoms with Gasteiger partial charge in [0.2, 0.25) is 0 Å². The maximum absolute atomic E-state index is 8.67. The number of aromatic nitrogens is 3. The Kier molecular flexibility index (Phi) is 4.87. The van der Waals surface area contributed by atoms with Crippen molar-refractivity contribution in [3.63, 3.8) is 0 Å². The van der Waals surface area contributed by atoms with Crippen molar-refractivity contribution in [3.05, 3.63) is 9.39 Å². The molecule has 0 N–H and O–H groups in total. The van der Waals surface area contributed by atoms with Crippen LogP contribution in [0, 0.1) is 15.0 Å². The summed E-state index contributed by atoms with van der Waals surface area (Å²) in [7, 11) is 0. The van der Waals surface area contributed by atoms with Crippen molar-refractivity contribution in [1.29, 1.82) is 5.26 Å². The first-order chi connectivity index (χ1) is 6.79. The highest BCUT2D eigenvalue weighted by molar-refractivity contribution is 14.1. The second-order valence-electron chi connectivity index (χ2n) is 3.12. The third-order valence-corrected chi connectivity index (χ3v) is 3.07. The lowest BCUT2D eigenvalue weighted by Crippen LogP contribution is -2.02. The van der Waals surface area contributed by atoms with Crippen molar-refractivity contribution < 1.29 is 0 Å². The Labute approximate surface area is 97.4 Å². The van der Waals surface area contributed by atoms with Gasteiger partial charge >= 0.3 is 0 Å². The van der Waals surface area contributed by atoms with E-state index in [0.717, 1.165) is 16.7 Å². The average Bonchev–Trinajstić information content (AvgIpc) is 2.55. The van der Waals surface area contributed by atoms with Gasteiger partial charge in [-0.3, -0.25) is 0 Å². The van der Waals surface area contributed by atoms with Crippen LogP contribution in [0.3, 0.4) is 0 Å². The molecule has 0 atom stereocenters. The number of unbranched alkanes of at least 4 members (excludes halogenated alkanes) is 3. The van der Waals surface area contributed by atoms with Gasteiger partial charge in [0.15, 0.2) is 5.69 Å². The summed E-state index contributed by atoms with van der Waals surface area (Å²) in [5, 5.41) is 16.4. The van der Waals surface area contributed by atoms with Crippen molar-refractivity contribution in [2.75, 3.05) is 0 Å². The second kappa shape index (κ2) is 5.96. The van der Waals surface area contributed by atoms with Crippen LogP contribution < -0.4 is 0 Å². The van der Waals surface area contributed by atoms with Crippen LogP contribution in [0.25, 0.3) is 0 Å². The van der Waals surface area contributed by atoms with Gasteiger partial charge in [-0.05, 0) is 29.0 Å². The number of nitriles is 1. The monoisotopic (exact) mass is 304 g/mol. The number of rotatable bonds is 5. The number of halogens is 1. The molecule has 0 aliphatic heterocycles. The molecule has 0 amide bonds. The van der Waals surface area contributed by atoms with Crippen LogP contribution in [0.1, 0.15) is 38.3 Å². The maximum atomic E-state index is 8.67. The Bertz CT molecular complexity index is 326. The first-order valence-corrected chi connectivity index (χ1v) is 5.86. The fourth-order valence-corrected chi connectivity index (χ4v) is 1.77. The van der Waals surface area contributed by atoms with E-state index < -0.39 is 0 Å². The van der Waals surface area contributed by atoms with Gasteiger partial charge in [-0.25, -0.2) is 4.68 Å². The van der Waals surface area contributed by atoms with Crippen molar-refractivity contribution >= 4 is 22.6 Å². The van der Waals surface area contributed by atoms with Crippen LogP contribution >= 0.6 is 22.6 Å². The topological polar surface area (TPSA) is 54.5 Å². The van der Waals surface area contributed by atoms with E-state index in [2.05, 4.69) is 39.8 Å². The van der Waals surface area contributed by atoms with E-state index in [0.29, 0.717) is 5.69 Å². The zero-order chi connectivity index (χ0) is 10.4. The molecule has 1 heterocycles. The minimum absolute atomic E-state index is 0.432. The molecular formula is C9H13IN4. The van der Waals surface area contributed by atoms with E-state index in [9.17, 15) is 0 Å². The number of hydrogen-bond donors (Lipinski definition) is 0. The summed E-state index contributed by atoms with van der Waals surface area (Å²) in [6.07, 6.45) is 4.82. The molecule has 0 saturated heterocycles. The first kappa shape index (κ1) is 11.4. The molecule has 4 nitrogen and oxygen atoms in total. The maximum Gasteiger partial charge on any atom is 0.196 e. The third-order valence-electron chi connectivity index (χ3n) is 2.00. The van der Waals surface area contributed by atoms with Gasteiger partial charge in [-0.1, -0.05) is 31.4 Å². The number of aryl methyl sites for hydroxylation is 1. The van der Waals surface area contributed by atoms with Crippen LogP contribution in [-0.4, -0.2) is 15.0 Å². The zero-order valence-corrected chi connectivity index (χ0v) is 10.4. The zero-order valence-electron chi connectivity index (χ0n) is 8.20. The highest BCUT2D eigenvalue weighted by Gasteiger charge is 2.07. The molecule has 0 aliphatic rings. The lowest BCUT2D eigenvalue weighted by Gasteiger charge is -2.00. The molecule has 0 aliphatic carbocycles. The first-order valence-electron chi connectivity index (χ1n) is 4.78. The van der Waals surface area contributed by atoms with Gasteiger partial charge in [-0.2, -0.15) is 5.26 Å². The fourth-order valence-electron chi connectivity index (χ4n) is 1.20. The summed E-state index contributed by atoms with van der Waals surface area (Å²) < 4.78 is 2.65. The quantitative estimate of drug-likeness (QED) is 0.620. The van der Waals surface area contributed by atoms with Crippen molar-refractivity contribution in [1.82, 2.24) is 15.0 Å². The fraction of sp³-hybridized carbons (Fsp3) is 0.667. The van der Waals surface area contributed by atoms with Crippen LogP contribution in [0.4, 0.5) is 0 Å². The average molecular weight is 304 g/mol. The highest BCUT2D eigenvalue weighted by atomic mass is 127. The Morgan fingerprint density at radius 2 is 2.21 bits per heavy atom. The molecule has 76 valence electrons. The molecular weight excluding hydrogens is 291 g/mol. The van der Waals surface area contributed by atoms with E-state index >= 15 is 0 Å². The Balaban J connectivity index is 2.44. The number of hydrogen-bond acceptors (Lipinski definition) is 3.